The van der Waals surface area contributed by atoms with Crippen molar-refractivity contribution in [1.82, 2.24) is 49.2 Å². The number of anilines is 2. The Morgan fingerprint density at radius 1 is 1.07 bits per heavy atom. The van der Waals surface area contributed by atoms with Gasteiger partial charge in [0.1, 0.15) is 24.4 Å². The molecule has 1 amide bonds. The Bertz CT molecular complexity index is 2580. The highest BCUT2D eigenvalue weighted by Crippen LogP contribution is 2.40. The maximum atomic E-state index is 14.2. The second kappa shape index (κ2) is 14.4. The number of carbonyl (C=O) groups excluding carboxylic acids is 1. The van der Waals surface area contributed by atoms with Crippen LogP contribution in [0.5, 0.6) is 0 Å². The van der Waals surface area contributed by atoms with Crippen molar-refractivity contribution >= 4 is 51.1 Å². The highest BCUT2D eigenvalue weighted by atomic mass is 35.5. The number of nitrogens with one attached hydrogen (secondary N) is 2. The van der Waals surface area contributed by atoms with E-state index in [1.54, 1.807) is 6.33 Å². The van der Waals surface area contributed by atoms with Gasteiger partial charge < -0.3 is 39.1 Å². The van der Waals surface area contributed by atoms with Crippen molar-refractivity contribution in [2.24, 2.45) is 7.05 Å². The van der Waals surface area contributed by atoms with Crippen molar-refractivity contribution in [2.75, 3.05) is 11.9 Å². The minimum absolute atomic E-state index is 0.0543. The minimum atomic E-state index is -1.34. The number of carbonyl (C=O) groups is 1. The SMILES string of the molecule is CC(C)(C)c1nnc([C@H]2O[C@@H](n3cnc4c(Nc5ccc(Cl)cc5F)ncnc43)[C@H](O)[C@@H]2O)o1.Cc1[nH]cnc1CN1CCc2c(c3ccccc3n2C)C1=O. The number of ether oxygens (including phenoxy) is 1. The molecule has 0 radical (unpaired) electrons. The van der Waals surface area contributed by atoms with E-state index in [9.17, 15) is 19.4 Å². The molecule has 1 saturated heterocycles. The number of benzene rings is 2. The molecule has 2 aromatic carbocycles. The Balaban J connectivity index is 0.000000172. The fourth-order valence-corrected chi connectivity index (χ4v) is 7.11. The first-order valence-corrected chi connectivity index (χ1v) is 18.3. The van der Waals surface area contributed by atoms with Crippen LogP contribution < -0.4 is 5.32 Å². The number of rotatable bonds is 6. The van der Waals surface area contributed by atoms with Crippen LogP contribution >= 0.6 is 11.6 Å². The van der Waals surface area contributed by atoms with Crippen molar-refractivity contribution in [3.05, 3.63) is 107 Å². The van der Waals surface area contributed by atoms with Crippen molar-refractivity contribution in [2.45, 2.75) is 70.6 Å². The van der Waals surface area contributed by atoms with E-state index in [0.29, 0.717) is 23.6 Å². The van der Waals surface area contributed by atoms with Crippen LogP contribution in [-0.2, 0) is 30.2 Å². The highest BCUT2D eigenvalue weighted by Gasteiger charge is 2.48. The maximum Gasteiger partial charge on any atom is 0.256 e. The van der Waals surface area contributed by atoms with Crippen molar-refractivity contribution in [3.63, 3.8) is 0 Å². The number of imidazole rings is 2. The molecule has 7 aromatic rings. The van der Waals surface area contributed by atoms with Gasteiger partial charge in [-0.15, -0.1) is 10.2 Å². The molecule has 56 heavy (non-hydrogen) atoms. The molecule has 0 unspecified atom stereocenters. The molecule has 5 aromatic heterocycles. The van der Waals surface area contributed by atoms with Gasteiger partial charge in [-0.05, 0) is 31.2 Å². The van der Waals surface area contributed by atoms with Gasteiger partial charge in [0, 0.05) is 52.7 Å². The smallest absolute Gasteiger partial charge is 0.256 e. The van der Waals surface area contributed by atoms with Gasteiger partial charge in [0.25, 0.3) is 5.91 Å². The van der Waals surface area contributed by atoms with Gasteiger partial charge in [-0.25, -0.2) is 24.3 Å². The van der Waals surface area contributed by atoms with E-state index in [1.165, 1.54) is 35.4 Å². The lowest BCUT2D eigenvalue weighted by Crippen LogP contribution is -2.37. The van der Waals surface area contributed by atoms with Gasteiger partial charge in [-0.3, -0.25) is 9.36 Å². The summed E-state index contributed by atoms with van der Waals surface area (Å²) in [4.78, 5) is 34.9. The van der Waals surface area contributed by atoms with Gasteiger partial charge in [-0.2, -0.15) is 0 Å². The number of H-pyrrole nitrogens is 1. The number of aromatic nitrogens is 9. The molecule has 0 spiro atoms. The number of aryl methyl sites for hydroxylation is 2. The van der Waals surface area contributed by atoms with Gasteiger partial charge in [0.15, 0.2) is 29.3 Å². The molecule has 290 valence electrons. The van der Waals surface area contributed by atoms with E-state index in [-0.39, 0.29) is 28.3 Å². The fraction of sp³-hybridized carbons (Fsp3) is 0.342. The number of aromatic amines is 1. The number of hydrogen-bond acceptors (Lipinski definition) is 12. The van der Waals surface area contributed by atoms with E-state index in [1.807, 2.05) is 57.8 Å². The van der Waals surface area contributed by atoms with Gasteiger partial charge >= 0.3 is 0 Å². The summed E-state index contributed by atoms with van der Waals surface area (Å²) < 4.78 is 29.4. The molecule has 0 aliphatic carbocycles. The number of fused-ring (bicyclic) bond motifs is 4. The average molecular weight is 784 g/mol. The Morgan fingerprint density at radius 2 is 1.88 bits per heavy atom. The van der Waals surface area contributed by atoms with Crippen molar-refractivity contribution < 1.29 is 28.6 Å². The molecule has 4 N–H and O–H groups in total. The fourth-order valence-electron chi connectivity index (χ4n) is 6.95. The van der Waals surface area contributed by atoms with Crippen LogP contribution in [0.25, 0.3) is 22.1 Å². The zero-order valence-corrected chi connectivity index (χ0v) is 31.9. The zero-order valence-electron chi connectivity index (χ0n) is 31.1. The topological polar surface area (TPSA) is 198 Å². The third kappa shape index (κ3) is 6.65. The summed E-state index contributed by atoms with van der Waals surface area (Å²) >= 11 is 5.81. The number of aliphatic hydroxyl groups excluding tert-OH is 2. The molecule has 16 nitrogen and oxygen atoms in total. The molecule has 4 atom stereocenters. The van der Waals surface area contributed by atoms with Crippen LogP contribution in [0.15, 0.2) is 65.9 Å². The second-order valence-electron chi connectivity index (χ2n) is 14.8. The quantitative estimate of drug-likeness (QED) is 0.167. The Morgan fingerprint density at radius 3 is 2.61 bits per heavy atom. The molecule has 7 heterocycles. The Kier molecular flexibility index (Phi) is 9.56. The lowest BCUT2D eigenvalue weighted by atomic mass is 9.97. The number of nitrogens with zero attached hydrogens (tertiary/aromatic N) is 9. The summed E-state index contributed by atoms with van der Waals surface area (Å²) in [5, 5.41) is 33.5. The molecule has 9 rings (SSSR count). The van der Waals surface area contributed by atoms with E-state index in [4.69, 9.17) is 20.8 Å². The van der Waals surface area contributed by atoms with Gasteiger partial charge in [0.05, 0.1) is 36.1 Å². The van der Waals surface area contributed by atoms with E-state index >= 15 is 0 Å². The zero-order chi connectivity index (χ0) is 39.5. The van der Waals surface area contributed by atoms with Crippen LogP contribution in [0.1, 0.15) is 72.3 Å². The molecule has 1 fully saturated rings. The lowest BCUT2D eigenvalue weighted by Gasteiger charge is -2.27. The van der Waals surface area contributed by atoms with Gasteiger partial charge in [0.2, 0.25) is 11.8 Å². The molecule has 0 saturated carbocycles. The summed E-state index contributed by atoms with van der Waals surface area (Å²) in [6.07, 6.45) is 0.442. The van der Waals surface area contributed by atoms with E-state index in [0.717, 1.165) is 46.5 Å². The van der Waals surface area contributed by atoms with Crippen LogP contribution in [0.4, 0.5) is 15.9 Å². The molecular weight excluding hydrogens is 745 g/mol. The summed E-state index contributed by atoms with van der Waals surface area (Å²) in [7, 11) is 2.04. The van der Waals surface area contributed by atoms with Crippen LogP contribution in [0, 0.1) is 12.7 Å². The number of halogens is 2. The largest absolute Gasteiger partial charge is 0.422 e. The van der Waals surface area contributed by atoms with Crippen LogP contribution in [-0.4, -0.2) is 84.0 Å². The standard InChI is InChI=1S/C21H21ClFN7O4.C17H18N4O/c1-21(2,3)20-29-28-18(34-20)15-13(31)14(32)19(33-15)30-8-26-12-16(24-7-25-17(12)30)27-11-5-4-9(22)6-10(11)23;1-11-13(19-10-18-11)9-21-8-7-15-16(17(21)22)12-5-3-4-6-14(12)20(15)2/h4-8,13-15,19,31-32H,1-3H3,(H,24,25,27);3-6,10H,7-9H2,1-2H3,(H,18,19)/t13-,14+,15-,19+;/m0./s1. The summed E-state index contributed by atoms with van der Waals surface area (Å²) in [6, 6.07) is 12.3. The number of aliphatic hydroxyl groups is 2. The normalized spacial score (nSPS) is 19.7. The summed E-state index contributed by atoms with van der Waals surface area (Å²) in [5.74, 6) is 0.218. The molecule has 0 bridgehead atoms. The lowest BCUT2D eigenvalue weighted by molar-refractivity contribution is -0.0441. The maximum absolute atomic E-state index is 14.2. The van der Waals surface area contributed by atoms with Crippen molar-refractivity contribution in [3.8, 4) is 0 Å². The monoisotopic (exact) mass is 783 g/mol. The first-order chi connectivity index (χ1) is 26.8. The predicted octanol–water partition coefficient (Wildman–Crippen LogP) is 5.44. The molecular formula is C38H39ClFN11O5. The number of amides is 1. The van der Waals surface area contributed by atoms with E-state index < -0.39 is 35.8 Å². The van der Waals surface area contributed by atoms with E-state index in [2.05, 4.69) is 51.1 Å². The molecule has 2 aliphatic rings. The summed E-state index contributed by atoms with van der Waals surface area (Å²) in [6.45, 7) is 9.02. The molecule has 2 aliphatic heterocycles. The van der Waals surface area contributed by atoms with Crippen molar-refractivity contribution in [1.29, 1.82) is 0 Å². The summed E-state index contributed by atoms with van der Waals surface area (Å²) in [5.41, 5.74) is 5.45. The molecule has 18 heteroatoms. The highest BCUT2D eigenvalue weighted by molar-refractivity contribution is 6.30. The number of para-hydroxylation sites is 1. The second-order valence-corrected chi connectivity index (χ2v) is 15.2. The Labute approximate surface area is 324 Å². The minimum Gasteiger partial charge on any atom is -0.422 e. The average Bonchev–Trinajstić information content (AvgIpc) is 4.01. The first kappa shape index (κ1) is 37.2. The first-order valence-electron chi connectivity index (χ1n) is 17.9. The number of hydrogen-bond donors (Lipinski definition) is 4. The third-order valence-electron chi connectivity index (χ3n) is 10.0. The Hall–Kier alpha value is -5.75. The van der Waals surface area contributed by atoms with Crippen LogP contribution in [0.3, 0.4) is 0 Å². The third-order valence-corrected chi connectivity index (χ3v) is 10.2. The van der Waals surface area contributed by atoms with Crippen LogP contribution in [0.2, 0.25) is 5.02 Å². The van der Waals surface area contributed by atoms with Gasteiger partial charge in [-0.1, -0.05) is 50.6 Å². The predicted molar refractivity (Wildman–Crippen MR) is 203 cm³/mol.